The number of anilines is 1. The number of hydrogen-bond donors (Lipinski definition) is 2. The Balaban J connectivity index is 2.28. The highest BCUT2D eigenvalue weighted by atomic mass is 16.1. The fourth-order valence-corrected chi connectivity index (χ4v) is 1.98. The molecule has 0 saturated heterocycles. The third-order valence-electron chi connectivity index (χ3n) is 3.12. The Bertz CT molecular complexity index is 605. The van der Waals surface area contributed by atoms with Crippen molar-refractivity contribution in [2.45, 2.75) is 20.4 Å². The van der Waals surface area contributed by atoms with Crippen LogP contribution < -0.4 is 11.1 Å². The first-order valence-electron chi connectivity index (χ1n) is 6.28. The van der Waals surface area contributed by atoms with E-state index in [9.17, 15) is 4.79 Å². The molecule has 0 aliphatic heterocycles. The van der Waals surface area contributed by atoms with Crippen LogP contribution in [-0.2, 0) is 6.54 Å². The molecule has 0 unspecified atom stereocenters. The molecule has 3 N–H and O–H groups in total. The van der Waals surface area contributed by atoms with E-state index >= 15 is 0 Å². The summed E-state index contributed by atoms with van der Waals surface area (Å²) in [4.78, 5) is 12.3. The van der Waals surface area contributed by atoms with E-state index in [2.05, 4.69) is 5.32 Å². The molecule has 0 atom stereocenters. The highest BCUT2D eigenvalue weighted by Crippen LogP contribution is 2.18. The molecule has 1 amide bonds. The van der Waals surface area contributed by atoms with Gasteiger partial charge in [0, 0.05) is 17.8 Å². The van der Waals surface area contributed by atoms with Crippen LogP contribution in [0.1, 0.15) is 27.0 Å². The van der Waals surface area contributed by atoms with Gasteiger partial charge >= 0.3 is 0 Å². The van der Waals surface area contributed by atoms with Gasteiger partial charge in [0.15, 0.2) is 0 Å². The summed E-state index contributed by atoms with van der Waals surface area (Å²) in [5.41, 5.74) is 10.1. The average Bonchev–Trinajstić information content (AvgIpc) is 2.42. The predicted molar refractivity (Wildman–Crippen MR) is 78.2 cm³/mol. The number of amides is 1. The van der Waals surface area contributed by atoms with Gasteiger partial charge in [-0.3, -0.25) is 4.79 Å². The molecule has 0 heterocycles. The quantitative estimate of drug-likeness (QED) is 0.884. The molecule has 0 bridgehead atoms. The Morgan fingerprint density at radius 3 is 2.63 bits per heavy atom. The van der Waals surface area contributed by atoms with Crippen molar-refractivity contribution >= 4 is 11.6 Å². The summed E-state index contributed by atoms with van der Waals surface area (Å²) in [6, 6.07) is 13.4. The van der Waals surface area contributed by atoms with E-state index in [4.69, 9.17) is 5.73 Å². The maximum absolute atomic E-state index is 12.3. The topological polar surface area (TPSA) is 55.1 Å². The first kappa shape index (κ1) is 13.3. The second-order valence-electron chi connectivity index (χ2n) is 4.63. The first-order valence-corrected chi connectivity index (χ1v) is 6.28. The molecule has 0 aromatic heterocycles. The van der Waals surface area contributed by atoms with E-state index in [0.29, 0.717) is 12.1 Å². The third kappa shape index (κ3) is 3.01. The van der Waals surface area contributed by atoms with Crippen LogP contribution in [0.2, 0.25) is 0 Å². The van der Waals surface area contributed by atoms with Gasteiger partial charge in [-0.05, 0) is 42.7 Å². The van der Waals surface area contributed by atoms with Gasteiger partial charge in [0.05, 0.1) is 0 Å². The van der Waals surface area contributed by atoms with Gasteiger partial charge in [0.2, 0.25) is 0 Å². The van der Waals surface area contributed by atoms with Crippen molar-refractivity contribution in [3.8, 4) is 0 Å². The number of rotatable bonds is 3. The van der Waals surface area contributed by atoms with Crippen LogP contribution in [0.3, 0.4) is 0 Å². The highest BCUT2D eigenvalue weighted by molar-refractivity contribution is 6.05. The molecule has 0 radical (unpaired) electrons. The lowest BCUT2D eigenvalue weighted by Crippen LogP contribution is -2.16. The van der Waals surface area contributed by atoms with E-state index in [1.807, 2.05) is 50.2 Å². The number of hydrogen-bond acceptors (Lipinski definition) is 2. The van der Waals surface area contributed by atoms with Crippen molar-refractivity contribution in [2.24, 2.45) is 5.73 Å². The Hall–Kier alpha value is -2.13. The Kier molecular flexibility index (Phi) is 3.97. The summed E-state index contributed by atoms with van der Waals surface area (Å²) in [5, 5.41) is 2.95. The predicted octanol–water partition coefficient (Wildman–Crippen LogP) is 3.01. The molecule has 19 heavy (non-hydrogen) atoms. The van der Waals surface area contributed by atoms with E-state index < -0.39 is 0 Å². The molecular weight excluding hydrogens is 236 g/mol. The van der Waals surface area contributed by atoms with Crippen LogP contribution in [0.5, 0.6) is 0 Å². The van der Waals surface area contributed by atoms with Gasteiger partial charge in [-0.25, -0.2) is 0 Å². The van der Waals surface area contributed by atoms with Crippen LogP contribution in [0.15, 0.2) is 42.5 Å². The maximum atomic E-state index is 12.3. The van der Waals surface area contributed by atoms with Crippen molar-refractivity contribution in [2.75, 3.05) is 5.32 Å². The molecule has 3 nitrogen and oxygen atoms in total. The fraction of sp³-hybridized carbons (Fsp3) is 0.188. The maximum Gasteiger partial charge on any atom is 0.255 e. The standard InChI is InChI=1S/C16H18N2O/c1-11-7-8-12(2)15(9-11)18-16(19)14-6-4-3-5-13(14)10-17/h3-9H,10,17H2,1-2H3,(H,18,19). The molecule has 98 valence electrons. The largest absolute Gasteiger partial charge is 0.326 e. The van der Waals surface area contributed by atoms with Crippen LogP contribution in [0.25, 0.3) is 0 Å². The molecule has 2 aromatic carbocycles. The van der Waals surface area contributed by atoms with Crippen LogP contribution in [0, 0.1) is 13.8 Å². The average molecular weight is 254 g/mol. The minimum Gasteiger partial charge on any atom is -0.326 e. The number of aryl methyl sites for hydroxylation is 2. The fourth-order valence-electron chi connectivity index (χ4n) is 1.98. The lowest BCUT2D eigenvalue weighted by atomic mass is 10.1. The normalized spacial score (nSPS) is 10.3. The number of benzene rings is 2. The zero-order valence-corrected chi connectivity index (χ0v) is 11.2. The second kappa shape index (κ2) is 5.67. The number of nitrogens with one attached hydrogen (secondary N) is 1. The van der Waals surface area contributed by atoms with Crippen LogP contribution in [0.4, 0.5) is 5.69 Å². The van der Waals surface area contributed by atoms with Crippen LogP contribution in [-0.4, -0.2) is 5.91 Å². The Labute approximate surface area is 113 Å². The smallest absolute Gasteiger partial charge is 0.255 e. The molecule has 0 spiro atoms. The molecule has 2 aromatic rings. The van der Waals surface area contributed by atoms with Crippen molar-refractivity contribution < 1.29 is 4.79 Å². The van der Waals surface area contributed by atoms with E-state index in [0.717, 1.165) is 22.4 Å². The van der Waals surface area contributed by atoms with Gasteiger partial charge < -0.3 is 11.1 Å². The Morgan fingerprint density at radius 2 is 1.89 bits per heavy atom. The molecule has 0 saturated carbocycles. The zero-order chi connectivity index (χ0) is 13.8. The lowest BCUT2D eigenvalue weighted by Gasteiger charge is -2.11. The minimum atomic E-state index is -0.116. The minimum absolute atomic E-state index is 0.116. The molecular formula is C16H18N2O. The summed E-state index contributed by atoms with van der Waals surface area (Å²) in [6.45, 7) is 4.34. The zero-order valence-electron chi connectivity index (χ0n) is 11.2. The monoisotopic (exact) mass is 254 g/mol. The van der Waals surface area contributed by atoms with Crippen molar-refractivity contribution in [1.82, 2.24) is 0 Å². The van der Waals surface area contributed by atoms with Gasteiger partial charge in [0.1, 0.15) is 0 Å². The Morgan fingerprint density at radius 1 is 1.16 bits per heavy atom. The second-order valence-corrected chi connectivity index (χ2v) is 4.63. The highest BCUT2D eigenvalue weighted by Gasteiger charge is 2.11. The van der Waals surface area contributed by atoms with Crippen LogP contribution >= 0.6 is 0 Å². The number of carbonyl (C=O) groups excluding carboxylic acids is 1. The van der Waals surface area contributed by atoms with E-state index in [1.165, 1.54) is 0 Å². The summed E-state index contributed by atoms with van der Waals surface area (Å²) in [5.74, 6) is -0.116. The molecule has 3 heteroatoms. The van der Waals surface area contributed by atoms with Crippen molar-refractivity contribution in [1.29, 1.82) is 0 Å². The summed E-state index contributed by atoms with van der Waals surface area (Å²) >= 11 is 0. The van der Waals surface area contributed by atoms with E-state index in [-0.39, 0.29) is 5.91 Å². The lowest BCUT2D eigenvalue weighted by molar-refractivity contribution is 0.102. The van der Waals surface area contributed by atoms with Crippen molar-refractivity contribution in [3.05, 3.63) is 64.7 Å². The van der Waals surface area contributed by atoms with Gasteiger partial charge in [-0.15, -0.1) is 0 Å². The molecule has 0 fully saturated rings. The SMILES string of the molecule is Cc1ccc(C)c(NC(=O)c2ccccc2CN)c1. The molecule has 2 rings (SSSR count). The summed E-state index contributed by atoms with van der Waals surface area (Å²) in [6.07, 6.45) is 0. The van der Waals surface area contributed by atoms with E-state index in [1.54, 1.807) is 6.07 Å². The number of carbonyl (C=O) groups is 1. The summed E-state index contributed by atoms with van der Waals surface area (Å²) in [7, 11) is 0. The van der Waals surface area contributed by atoms with Crippen molar-refractivity contribution in [3.63, 3.8) is 0 Å². The van der Waals surface area contributed by atoms with Gasteiger partial charge in [-0.2, -0.15) is 0 Å². The third-order valence-corrected chi connectivity index (χ3v) is 3.12. The van der Waals surface area contributed by atoms with Gasteiger partial charge in [-0.1, -0.05) is 30.3 Å². The van der Waals surface area contributed by atoms with Gasteiger partial charge in [0.25, 0.3) is 5.91 Å². The first-order chi connectivity index (χ1) is 9.11. The molecule has 0 aliphatic rings. The number of nitrogens with two attached hydrogens (primary N) is 1. The summed E-state index contributed by atoms with van der Waals surface area (Å²) < 4.78 is 0. The molecule has 0 aliphatic carbocycles.